The molecule has 1 heteroatoms. The molecule has 0 N–H and O–H groups in total. The molecular weight excluding hydrogens is 675 g/mol. The second-order valence-electron chi connectivity index (χ2n) is 16.3. The van der Waals surface area contributed by atoms with Gasteiger partial charge in [-0.1, -0.05) is 185 Å². The van der Waals surface area contributed by atoms with Gasteiger partial charge in [-0.15, -0.1) is 0 Å². The van der Waals surface area contributed by atoms with Crippen LogP contribution in [-0.4, -0.2) is 0 Å². The molecule has 0 aromatic heterocycles. The van der Waals surface area contributed by atoms with E-state index in [1.165, 1.54) is 110 Å². The van der Waals surface area contributed by atoms with Crippen LogP contribution in [0.5, 0.6) is 0 Å². The maximum absolute atomic E-state index is 2.48. The average Bonchev–Trinajstić information content (AvgIpc) is 3.50. The summed E-state index contributed by atoms with van der Waals surface area (Å²) in [5, 5.41) is 2.73. The summed E-state index contributed by atoms with van der Waals surface area (Å²) < 4.78 is 0. The molecule has 8 aromatic rings. The van der Waals surface area contributed by atoms with Crippen molar-refractivity contribution in [2.45, 2.75) is 57.3 Å². The quantitative estimate of drug-likeness (QED) is 0.158. The summed E-state index contributed by atoms with van der Waals surface area (Å²) in [4.78, 5) is 2.48. The van der Waals surface area contributed by atoms with Crippen LogP contribution >= 0.6 is 0 Å². The van der Waals surface area contributed by atoms with Crippen LogP contribution in [0.25, 0.3) is 55.3 Å². The van der Waals surface area contributed by atoms with E-state index in [9.17, 15) is 0 Å². The highest BCUT2D eigenvalue weighted by Crippen LogP contribution is 2.53. The van der Waals surface area contributed by atoms with Crippen LogP contribution in [0.3, 0.4) is 0 Å². The summed E-state index contributed by atoms with van der Waals surface area (Å²) in [5.74, 6) is 0.599. The molecule has 272 valence electrons. The number of nitrogens with zero attached hydrogens (tertiary/aromatic N) is 1. The third-order valence-electron chi connectivity index (χ3n) is 12.6. The highest BCUT2D eigenvalue weighted by Gasteiger charge is 2.37. The molecule has 10 rings (SSSR count). The van der Waals surface area contributed by atoms with Gasteiger partial charge in [0.2, 0.25) is 0 Å². The Labute approximate surface area is 331 Å². The predicted molar refractivity (Wildman–Crippen MR) is 238 cm³/mol. The fraction of sp³-hybridized carbons (Fsp3) is 0.164. The molecule has 0 spiro atoms. The third kappa shape index (κ3) is 5.85. The van der Waals surface area contributed by atoms with Crippen LogP contribution < -0.4 is 4.90 Å². The Morgan fingerprint density at radius 3 is 1.88 bits per heavy atom. The standard InChI is InChI=1S/C55H47N/c1-55(2)51-31-11-9-25-47(51)50-30-16-28-46(54(50)55)42-23-13-24-44(37-42)56(43-35-33-39(34-36-43)38-17-5-3-6-18-38)52-32-12-10-26-48(52)49-29-15-22-41-21-14-27-45(53(41)49)40-19-7-4-8-20-40/h3,5-6,9-18,21-37,40H,4,7-8,19-20H2,1-2H3. The number of benzene rings is 8. The molecular formula is C55H47N. The summed E-state index contributed by atoms with van der Waals surface area (Å²) in [7, 11) is 0. The number of rotatable bonds is 7. The molecule has 1 nitrogen and oxygen atoms in total. The second-order valence-corrected chi connectivity index (χ2v) is 16.3. The Bertz CT molecular complexity index is 2690. The Morgan fingerprint density at radius 2 is 1.05 bits per heavy atom. The monoisotopic (exact) mass is 721 g/mol. The Kier molecular flexibility index (Phi) is 8.67. The van der Waals surface area contributed by atoms with Crippen LogP contribution in [0.2, 0.25) is 0 Å². The van der Waals surface area contributed by atoms with Crippen LogP contribution in [0.15, 0.2) is 182 Å². The van der Waals surface area contributed by atoms with Crippen molar-refractivity contribution < 1.29 is 0 Å². The first-order valence-corrected chi connectivity index (χ1v) is 20.5. The van der Waals surface area contributed by atoms with Crippen molar-refractivity contribution in [3.05, 3.63) is 199 Å². The summed E-state index contributed by atoms with van der Waals surface area (Å²) in [6, 6.07) is 67.8. The molecule has 2 aliphatic carbocycles. The van der Waals surface area contributed by atoms with E-state index in [4.69, 9.17) is 0 Å². The molecule has 0 heterocycles. The van der Waals surface area contributed by atoms with Gasteiger partial charge in [0.05, 0.1) is 5.69 Å². The van der Waals surface area contributed by atoms with Gasteiger partial charge in [-0.2, -0.15) is 0 Å². The van der Waals surface area contributed by atoms with E-state index in [-0.39, 0.29) is 5.41 Å². The zero-order valence-corrected chi connectivity index (χ0v) is 32.4. The maximum atomic E-state index is 2.48. The SMILES string of the molecule is CC1(C)c2ccccc2-c2cccc(-c3cccc(N(c4ccc(-c5ccccc5)cc4)c4ccccc4-c4cccc5cccc(C6CCCCC6)c45)c3)c21. The van der Waals surface area contributed by atoms with Crippen LogP contribution in [0.1, 0.15) is 68.6 Å². The second kappa shape index (κ2) is 14.2. The molecule has 56 heavy (non-hydrogen) atoms. The van der Waals surface area contributed by atoms with Crippen molar-refractivity contribution >= 4 is 27.8 Å². The predicted octanol–water partition coefficient (Wildman–Crippen LogP) is 15.7. The van der Waals surface area contributed by atoms with Crippen LogP contribution in [0.4, 0.5) is 17.1 Å². The van der Waals surface area contributed by atoms with Crippen molar-refractivity contribution in [2.75, 3.05) is 4.90 Å². The first kappa shape index (κ1) is 34.3. The lowest BCUT2D eigenvalue weighted by molar-refractivity contribution is 0.445. The Hall–Kier alpha value is -6.18. The van der Waals surface area contributed by atoms with Gasteiger partial charge in [0, 0.05) is 22.4 Å². The van der Waals surface area contributed by atoms with E-state index in [1.807, 2.05) is 0 Å². The summed E-state index contributed by atoms with van der Waals surface area (Å²) in [6.07, 6.45) is 6.53. The van der Waals surface area contributed by atoms with Crippen molar-refractivity contribution in [1.29, 1.82) is 0 Å². The molecule has 0 aliphatic heterocycles. The highest BCUT2D eigenvalue weighted by atomic mass is 15.1. The van der Waals surface area contributed by atoms with E-state index in [0.717, 1.165) is 11.4 Å². The lowest BCUT2D eigenvalue weighted by atomic mass is 9.79. The maximum Gasteiger partial charge on any atom is 0.0540 e. The normalized spacial score (nSPS) is 14.7. The lowest BCUT2D eigenvalue weighted by Crippen LogP contribution is -2.16. The summed E-state index contributed by atoms with van der Waals surface area (Å²) in [6.45, 7) is 4.77. The van der Waals surface area contributed by atoms with Gasteiger partial charge in [-0.05, 0) is 115 Å². The van der Waals surface area contributed by atoms with E-state index >= 15 is 0 Å². The number of hydrogen-bond donors (Lipinski definition) is 0. The summed E-state index contributed by atoms with van der Waals surface area (Å²) >= 11 is 0. The zero-order chi connectivity index (χ0) is 37.6. The highest BCUT2D eigenvalue weighted by molar-refractivity contribution is 6.03. The fourth-order valence-electron chi connectivity index (χ4n) is 10.0. The fourth-order valence-corrected chi connectivity index (χ4v) is 10.0. The van der Waals surface area contributed by atoms with Gasteiger partial charge in [-0.3, -0.25) is 0 Å². The molecule has 0 amide bonds. The lowest BCUT2D eigenvalue weighted by Gasteiger charge is -2.30. The van der Waals surface area contributed by atoms with Crippen molar-refractivity contribution in [3.8, 4) is 44.5 Å². The third-order valence-corrected chi connectivity index (χ3v) is 12.6. The van der Waals surface area contributed by atoms with Gasteiger partial charge >= 0.3 is 0 Å². The van der Waals surface area contributed by atoms with Crippen molar-refractivity contribution in [1.82, 2.24) is 0 Å². The smallest absolute Gasteiger partial charge is 0.0540 e. The van der Waals surface area contributed by atoms with Gasteiger partial charge in [0.25, 0.3) is 0 Å². The van der Waals surface area contributed by atoms with E-state index in [2.05, 4.69) is 201 Å². The van der Waals surface area contributed by atoms with Gasteiger partial charge < -0.3 is 4.90 Å². The average molecular weight is 722 g/mol. The van der Waals surface area contributed by atoms with Gasteiger partial charge in [0.1, 0.15) is 0 Å². The molecule has 2 aliphatic rings. The summed E-state index contributed by atoms with van der Waals surface area (Å²) in [5.41, 5.74) is 17.9. The number of fused-ring (bicyclic) bond motifs is 4. The minimum atomic E-state index is -0.109. The van der Waals surface area contributed by atoms with E-state index < -0.39 is 0 Å². The van der Waals surface area contributed by atoms with Gasteiger partial charge in [-0.25, -0.2) is 0 Å². The Balaban J connectivity index is 1.16. The van der Waals surface area contributed by atoms with Crippen molar-refractivity contribution in [3.63, 3.8) is 0 Å². The molecule has 1 saturated carbocycles. The van der Waals surface area contributed by atoms with E-state index in [0.29, 0.717) is 5.92 Å². The molecule has 0 atom stereocenters. The molecule has 0 unspecified atom stereocenters. The topological polar surface area (TPSA) is 3.24 Å². The minimum Gasteiger partial charge on any atom is -0.310 e. The Morgan fingerprint density at radius 1 is 0.446 bits per heavy atom. The first-order valence-electron chi connectivity index (χ1n) is 20.5. The van der Waals surface area contributed by atoms with E-state index in [1.54, 1.807) is 0 Å². The minimum absolute atomic E-state index is 0.109. The number of hydrogen-bond acceptors (Lipinski definition) is 1. The van der Waals surface area contributed by atoms with Crippen LogP contribution in [-0.2, 0) is 5.41 Å². The molecule has 0 radical (unpaired) electrons. The first-order chi connectivity index (χ1) is 27.6. The molecule has 8 aromatic carbocycles. The van der Waals surface area contributed by atoms with Crippen molar-refractivity contribution in [2.24, 2.45) is 0 Å². The van der Waals surface area contributed by atoms with Gasteiger partial charge in [0.15, 0.2) is 0 Å². The molecule has 1 fully saturated rings. The zero-order valence-electron chi connectivity index (χ0n) is 32.4. The molecule has 0 saturated heterocycles. The number of anilines is 3. The number of para-hydroxylation sites is 1. The van der Waals surface area contributed by atoms with Crippen LogP contribution in [0, 0.1) is 0 Å². The largest absolute Gasteiger partial charge is 0.310 e. The molecule has 0 bridgehead atoms.